The Morgan fingerprint density at radius 2 is 2.10 bits per heavy atom. The molecule has 2 aliphatic rings. The third kappa shape index (κ3) is 3.43. The summed E-state index contributed by atoms with van der Waals surface area (Å²) in [6.45, 7) is 3.25. The summed E-state index contributed by atoms with van der Waals surface area (Å²) in [5.74, 6) is -0.458. The second-order valence-corrected chi connectivity index (χ2v) is 9.13. The minimum absolute atomic E-state index is 0.0413. The molecule has 0 spiro atoms. The number of anilines is 1. The molecule has 2 atom stereocenters. The van der Waals surface area contributed by atoms with E-state index in [0.717, 1.165) is 35.2 Å². The lowest BCUT2D eigenvalue weighted by molar-refractivity contribution is -0.158. The molecule has 0 bridgehead atoms. The van der Waals surface area contributed by atoms with Crippen molar-refractivity contribution in [2.24, 2.45) is 0 Å². The van der Waals surface area contributed by atoms with Gasteiger partial charge in [-0.3, -0.25) is 14.4 Å². The van der Waals surface area contributed by atoms with E-state index < -0.39 is 11.1 Å². The number of nitrogen functional groups attached to an aromatic ring is 1. The summed E-state index contributed by atoms with van der Waals surface area (Å²) >= 11 is 1.48. The molecule has 3 heterocycles. The maximum absolute atomic E-state index is 13.4. The highest BCUT2D eigenvalue weighted by Gasteiger charge is 2.49. The van der Waals surface area contributed by atoms with Gasteiger partial charge in [0.25, 0.3) is 5.56 Å². The van der Waals surface area contributed by atoms with Crippen molar-refractivity contribution in [1.82, 2.24) is 20.0 Å². The standard InChI is InChI=1S/C20H25N5O3S/c1-20(2)19(28)22-13-6-3-4-7-15(13)25(20)17(26)11-24-18(27)12(21)10-14(23-24)16-8-5-9-29-16/h5,8-10,13,15H,3-4,6-7,11,21H2,1-2H3,(H,22,28)/t13-,15-/m1/s1. The monoisotopic (exact) mass is 415 g/mol. The van der Waals surface area contributed by atoms with Crippen molar-refractivity contribution in [2.45, 2.75) is 63.7 Å². The SMILES string of the molecule is CC1(C)C(=O)N[C@@H]2CCCC[C@H]2N1C(=O)Cn1nc(-c2cccs2)cc(N)c1=O. The smallest absolute Gasteiger partial charge is 0.290 e. The highest BCUT2D eigenvalue weighted by Crippen LogP contribution is 2.33. The van der Waals surface area contributed by atoms with Crippen molar-refractivity contribution in [2.75, 3.05) is 5.73 Å². The predicted octanol–water partition coefficient (Wildman–Crippen LogP) is 1.60. The number of piperazine rings is 1. The summed E-state index contributed by atoms with van der Waals surface area (Å²) in [6.07, 6.45) is 3.73. The molecule has 154 valence electrons. The predicted molar refractivity (Wildman–Crippen MR) is 111 cm³/mol. The van der Waals surface area contributed by atoms with E-state index in [9.17, 15) is 14.4 Å². The topological polar surface area (TPSA) is 110 Å². The van der Waals surface area contributed by atoms with E-state index in [2.05, 4.69) is 10.4 Å². The van der Waals surface area contributed by atoms with E-state index in [1.807, 2.05) is 17.5 Å². The molecule has 29 heavy (non-hydrogen) atoms. The van der Waals surface area contributed by atoms with Crippen LogP contribution in [0.1, 0.15) is 39.5 Å². The molecule has 0 unspecified atom stereocenters. The maximum atomic E-state index is 13.4. The van der Waals surface area contributed by atoms with Crippen LogP contribution >= 0.6 is 11.3 Å². The van der Waals surface area contributed by atoms with Crippen LogP contribution in [0.3, 0.4) is 0 Å². The van der Waals surface area contributed by atoms with E-state index in [-0.39, 0.29) is 36.1 Å². The number of carbonyl (C=O) groups excluding carboxylic acids is 2. The Morgan fingerprint density at radius 1 is 1.34 bits per heavy atom. The van der Waals surface area contributed by atoms with Gasteiger partial charge in [-0.1, -0.05) is 18.9 Å². The van der Waals surface area contributed by atoms with Crippen LogP contribution in [0.5, 0.6) is 0 Å². The lowest BCUT2D eigenvalue weighted by Gasteiger charge is -2.52. The minimum Gasteiger partial charge on any atom is -0.394 e. The second kappa shape index (κ2) is 7.29. The number of hydrogen-bond donors (Lipinski definition) is 2. The van der Waals surface area contributed by atoms with Crippen LogP contribution in [0, 0.1) is 0 Å². The summed E-state index contributed by atoms with van der Waals surface area (Å²) in [5, 5.41) is 9.35. The summed E-state index contributed by atoms with van der Waals surface area (Å²) in [6, 6.07) is 5.19. The number of rotatable bonds is 3. The molecule has 3 N–H and O–H groups in total. The molecule has 0 aromatic carbocycles. The van der Waals surface area contributed by atoms with Gasteiger partial charge < -0.3 is 16.0 Å². The molecule has 8 nitrogen and oxygen atoms in total. The number of hydrogen-bond acceptors (Lipinski definition) is 6. The van der Waals surface area contributed by atoms with Crippen LogP contribution in [-0.2, 0) is 16.1 Å². The van der Waals surface area contributed by atoms with Crippen molar-refractivity contribution in [3.8, 4) is 10.6 Å². The Balaban J connectivity index is 1.67. The third-order valence-electron chi connectivity index (χ3n) is 5.86. The molecule has 2 aromatic heterocycles. The van der Waals surface area contributed by atoms with Crippen molar-refractivity contribution in [1.29, 1.82) is 0 Å². The summed E-state index contributed by atoms with van der Waals surface area (Å²) < 4.78 is 1.12. The lowest BCUT2D eigenvalue weighted by atomic mass is 9.82. The maximum Gasteiger partial charge on any atom is 0.290 e. The largest absolute Gasteiger partial charge is 0.394 e. The van der Waals surface area contributed by atoms with Crippen molar-refractivity contribution in [3.63, 3.8) is 0 Å². The zero-order valence-corrected chi connectivity index (χ0v) is 17.4. The number of fused-ring (bicyclic) bond motifs is 1. The Morgan fingerprint density at radius 3 is 2.83 bits per heavy atom. The van der Waals surface area contributed by atoms with E-state index in [1.54, 1.807) is 18.7 Å². The average molecular weight is 416 g/mol. The Labute approximate surface area is 172 Å². The van der Waals surface area contributed by atoms with Crippen LogP contribution in [0.2, 0.25) is 0 Å². The molecule has 1 saturated carbocycles. The summed E-state index contributed by atoms with van der Waals surface area (Å²) in [4.78, 5) is 41.1. The Hall–Kier alpha value is -2.68. The zero-order valence-electron chi connectivity index (χ0n) is 16.6. The van der Waals surface area contributed by atoms with Crippen LogP contribution in [-0.4, -0.2) is 44.1 Å². The minimum atomic E-state index is -0.990. The molecule has 0 radical (unpaired) electrons. The van der Waals surface area contributed by atoms with Gasteiger partial charge in [0.05, 0.1) is 10.9 Å². The number of aromatic nitrogens is 2. The quantitative estimate of drug-likeness (QED) is 0.791. The average Bonchev–Trinajstić information content (AvgIpc) is 3.20. The molecule has 9 heteroatoms. The first-order valence-electron chi connectivity index (χ1n) is 9.83. The van der Waals surface area contributed by atoms with Crippen LogP contribution < -0.4 is 16.6 Å². The fraction of sp³-hybridized carbons (Fsp3) is 0.500. The number of carbonyl (C=O) groups is 2. The highest BCUT2D eigenvalue weighted by molar-refractivity contribution is 7.13. The van der Waals surface area contributed by atoms with Gasteiger partial charge in [-0.2, -0.15) is 5.10 Å². The molecule has 1 saturated heterocycles. The van der Waals surface area contributed by atoms with Gasteiger partial charge in [0.2, 0.25) is 11.8 Å². The Bertz CT molecular complexity index is 998. The van der Waals surface area contributed by atoms with Crippen LogP contribution in [0.25, 0.3) is 10.6 Å². The van der Waals surface area contributed by atoms with Gasteiger partial charge in [-0.05, 0) is 44.2 Å². The van der Waals surface area contributed by atoms with Gasteiger partial charge in [0.15, 0.2) is 0 Å². The fourth-order valence-corrected chi connectivity index (χ4v) is 5.05. The van der Waals surface area contributed by atoms with E-state index in [1.165, 1.54) is 17.4 Å². The lowest BCUT2D eigenvalue weighted by Crippen LogP contribution is -2.72. The Kier molecular flexibility index (Phi) is 4.94. The highest BCUT2D eigenvalue weighted by atomic mass is 32.1. The van der Waals surface area contributed by atoms with Crippen LogP contribution in [0.4, 0.5) is 5.69 Å². The zero-order chi connectivity index (χ0) is 20.8. The molecule has 2 amide bonds. The van der Waals surface area contributed by atoms with E-state index in [0.29, 0.717) is 5.69 Å². The number of nitrogens with zero attached hydrogens (tertiary/aromatic N) is 3. The fourth-order valence-electron chi connectivity index (χ4n) is 4.37. The molecular formula is C20H25N5O3S. The molecule has 1 aliphatic heterocycles. The van der Waals surface area contributed by atoms with Crippen molar-refractivity contribution >= 4 is 28.8 Å². The molecule has 2 aromatic rings. The molecule has 2 fully saturated rings. The first-order valence-corrected chi connectivity index (χ1v) is 10.7. The molecule has 4 rings (SSSR count). The first-order chi connectivity index (χ1) is 13.8. The first kappa shape index (κ1) is 19.6. The number of nitrogens with two attached hydrogens (primary N) is 1. The number of amides is 2. The van der Waals surface area contributed by atoms with Gasteiger partial charge in [0.1, 0.15) is 23.5 Å². The number of nitrogens with one attached hydrogen (secondary N) is 1. The van der Waals surface area contributed by atoms with Crippen molar-refractivity contribution in [3.05, 3.63) is 33.9 Å². The number of thiophene rings is 1. The van der Waals surface area contributed by atoms with Gasteiger partial charge in [-0.25, -0.2) is 4.68 Å². The second-order valence-electron chi connectivity index (χ2n) is 8.18. The van der Waals surface area contributed by atoms with Gasteiger partial charge >= 0.3 is 0 Å². The van der Waals surface area contributed by atoms with E-state index >= 15 is 0 Å². The normalized spacial score (nSPS) is 23.4. The van der Waals surface area contributed by atoms with Crippen LogP contribution in [0.15, 0.2) is 28.4 Å². The molecule has 1 aliphatic carbocycles. The summed E-state index contributed by atoms with van der Waals surface area (Å²) in [7, 11) is 0. The van der Waals surface area contributed by atoms with E-state index in [4.69, 9.17) is 5.73 Å². The van der Waals surface area contributed by atoms with Crippen molar-refractivity contribution < 1.29 is 9.59 Å². The van der Waals surface area contributed by atoms with Gasteiger partial charge in [0, 0.05) is 6.04 Å². The van der Waals surface area contributed by atoms with Gasteiger partial charge in [-0.15, -0.1) is 11.3 Å². The molecular weight excluding hydrogens is 390 g/mol. The summed E-state index contributed by atoms with van der Waals surface area (Å²) in [5.41, 5.74) is 5.01. The third-order valence-corrected chi connectivity index (χ3v) is 6.76.